The van der Waals surface area contributed by atoms with Crippen molar-refractivity contribution in [1.82, 2.24) is 0 Å². The van der Waals surface area contributed by atoms with E-state index in [-0.39, 0.29) is 18.1 Å². The SMILES string of the molecule is O=C1C=C[C@H]([C@H](Nc2ccccc2)c2ccccc2)O1. The average molecular weight is 265 g/mol. The minimum absolute atomic E-state index is 0.0960. The molecule has 0 saturated carbocycles. The van der Waals surface area contributed by atoms with E-state index in [0.29, 0.717) is 0 Å². The van der Waals surface area contributed by atoms with Crippen molar-refractivity contribution < 1.29 is 9.53 Å². The normalized spacial score (nSPS) is 18.6. The van der Waals surface area contributed by atoms with Gasteiger partial charge < -0.3 is 10.1 Å². The molecule has 1 N–H and O–H groups in total. The molecular weight excluding hydrogens is 250 g/mol. The molecule has 0 saturated heterocycles. The lowest BCUT2D eigenvalue weighted by Crippen LogP contribution is -2.25. The Morgan fingerprint density at radius 1 is 0.950 bits per heavy atom. The van der Waals surface area contributed by atoms with Gasteiger partial charge in [0.05, 0.1) is 6.04 Å². The third kappa shape index (κ3) is 2.72. The lowest BCUT2D eigenvalue weighted by Gasteiger charge is -2.24. The van der Waals surface area contributed by atoms with Crippen molar-refractivity contribution in [3.05, 3.63) is 78.4 Å². The van der Waals surface area contributed by atoms with E-state index in [9.17, 15) is 4.79 Å². The molecule has 0 aliphatic carbocycles. The summed E-state index contributed by atoms with van der Waals surface area (Å²) >= 11 is 0. The van der Waals surface area contributed by atoms with Crippen molar-refractivity contribution in [2.75, 3.05) is 5.32 Å². The maximum Gasteiger partial charge on any atom is 0.331 e. The lowest BCUT2D eigenvalue weighted by atomic mass is 10.0. The number of nitrogens with one attached hydrogen (secondary N) is 1. The Morgan fingerprint density at radius 3 is 2.20 bits per heavy atom. The maximum absolute atomic E-state index is 11.3. The van der Waals surface area contributed by atoms with E-state index in [1.807, 2.05) is 60.7 Å². The fraction of sp³-hybridized carbons (Fsp3) is 0.118. The molecule has 0 fully saturated rings. The van der Waals surface area contributed by atoms with Gasteiger partial charge in [-0.15, -0.1) is 0 Å². The van der Waals surface area contributed by atoms with Crippen LogP contribution in [0.3, 0.4) is 0 Å². The predicted molar refractivity (Wildman–Crippen MR) is 78.3 cm³/mol. The van der Waals surface area contributed by atoms with Gasteiger partial charge in [0.25, 0.3) is 0 Å². The molecule has 2 atom stereocenters. The molecule has 3 nitrogen and oxygen atoms in total. The molecule has 1 aliphatic rings. The summed E-state index contributed by atoms with van der Waals surface area (Å²) in [6.07, 6.45) is 2.99. The number of ether oxygens (including phenoxy) is 1. The van der Waals surface area contributed by atoms with Crippen LogP contribution in [-0.2, 0) is 9.53 Å². The highest BCUT2D eigenvalue weighted by Crippen LogP contribution is 2.27. The van der Waals surface area contributed by atoms with Crippen LogP contribution in [0.4, 0.5) is 5.69 Å². The molecule has 1 heterocycles. The van der Waals surface area contributed by atoms with E-state index >= 15 is 0 Å². The number of esters is 1. The van der Waals surface area contributed by atoms with Gasteiger partial charge >= 0.3 is 5.97 Å². The van der Waals surface area contributed by atoms with Gasteiger partial charge in [-0.2, -0.15) is 0 Å². The Hall–Kier alpha value is -2.55. The monoisotopic (exact) mass is 265 g/mol. The quantitative estimate of drug-likeness (QED) is 0.862. The maximum atomic E-state index is 11.3. The van der Waals surface area contributed by atoms with E-state index < -0.39 is 0 Å². The number of hydrogen-bond donors (Lipinski definition) is 1. The summed E-state index contributed by atoms with van der Waals surface area (Å²) in [6.45, 7) is 0. The molecule has 0 unspecified atom stereocenters. The molecule has 0 amide bonds. The van der Waals surface area contributed by atoms with Crippen LogP contribution in [0.1, 0.15) is 11.6 Å². The summed E-state index contributed by atoms with van der Waals surface area (Å²) in [7, 11) is 0. The van der Waals surface area contributed by atoms with E-state index in [4.69, 9.17) is 4.74 Å². The van der Waals surface area contributed by atoms with Crippen molar-refractivity contribution in [1.29, 1.82) is 0 Å². The molecule has 2 aromatic carbocycles. The van der Waals surface area contributed by atoms with Gasteiger partial charge in [-0.3, -0.25) is 0 Å². The average Bonchev–Trinajstić information content (AvgIpc) is 2.93. The molecule has 20 heavy (non-hydrogen) atoms. The van der Waals surface area contributed by atoms with Gasteiger partial charge in [-0.1, -0.05) is 48.5 Å². The van der Waals surface area contributed by atoms with Crippen molar-refractivity contribution in [2.45, 2.75) is 12.1 Å². The van der Waals surface area contributed by atoms with Crippen molar-refractivity contribution >= 4 is 11.7 Å². The van der Waals surface area contributed by atoms with Gasteiger partial charge in [-0.25, -0.2) is 4.79 Å². The molecule has 3 rings (SSSR count). The summed E-state index contributed by atoms with van der Waals surface area (Å²) in [4.78, 5) is 11.3. The van der Waals surface area contributed by atoms with Gasteiger partial charge in [0.1, 0.15) is 6.10 Å². The zero-order chi connectivity index (χ0) is 13.8. The third-order valence-corrected chi connectivity index (χ3v) is 3.26. The van der Waals surface area contributed by atoms with Gasteiger partial charge in [0.15, 0.2) is 0 Å². The molecule has 3 heteroatoms. The van der Waals surface area contributed by atoms with Gasteiger partial charge in [-0.05, 0) is 23.8 Å². The minimum Gasteiger partial charge on any atom is -0.452 e. The Morgan fingerprint density at radius 2 is 1.60 bits per heavy atom. The van der Waals surface area contributed by atoms with Crippen LogP contribution in [0.5, 0.6) is 0 Å². The number of para-hydroxylation sites is 1. The van der Waals surface area contributed by atoms with Crippen molar-refractivity contribution in [3.8, 4) is 0 Å². The summed E-state index contributed by atoms with van der Waals surface area (Å²) in [6, 6.07) is 19.8. The number of cyclic esters (lactones) is 1. The Balaban J connectivity index is 1.88. The van der Waals surface area contributed by atoms with E-state index in [1.165, 1.54) is 6.08 Å². The van der Waals surface area contributed by atoms with Crippen LogP contribution in [0.2, 0.25) is 0 Å². The standard InChI is InChI=1S/C17H15NO2/c19-16-12-11-15(20-16)17(13-7-3-1-4-8-13)18-14-9-5-2-6-10-14/h1-12,15,17-18H/t15-,17-/m1/s1. The fourth-order valence-electron chi connectivity index (χ4n) is 2.29. The van der Waals surface area contributed by atoms with E-state index in [1.54, 1.807) is 6.08 Å². The molecule has 2 aromatic rings. The minimum atomic E-state index is -0.287. The fourth-order valence-corrected chi connectivity index (χ4v) is 2.29. The molecule has 0 spiro atoms. The Labute approximate surface area is 117 Å². The molecule has 1 aliphatic heterocycles. The van der Waals surface area contributed by atoms with Crippen LogP contribution >= 0.6 is 0 Å². The highest BCUT2D eigenvalue weighted by molar-refractivity contribution is 5.84. The third-order valence-electron chi connectivity index (χ3n) is 3.26. The Kier molecular flexibility index (Phi) is 3.50. The number of carbonyl (C=O) groups excluding carboxylic acids is 1. The van der Waals surface area contributed by atoms with Crippen molar-refractivity contribution in [2.24, 2.45) is 0 Å². The largest absolute Gasteiger partial charge is 0.452 e. The summed E-state index contributed by atoms with van der Waals surface area (Å²) in [5.74, 6) is -0.286. The zero-order valence-corrected chi connectivity index (χ0v) is 10.9. The smallest absolute Gasteiger partial charge is 0.331 e. The Bertz CT molecular complexity index is 607. The number of carbonyl (C=O) groups is 1. The highest BCUT2D eigenvalue weighted by Gasteiger charge is 2.27. The molecule has 0 aromatic heterocycles. The second-order valence-electron chi connectivity index (χ2n) is 4.66. The molecule has 100 valence electrons. The van der Waals surface area contributed by atoms with Gasteiger partial charge in [0, 0.05) is 11.8 Å². The second kappa shape index (κ2) is 5.61. The van der Waals surface area contributed by atoms with Crippen LogP contribution in [0, 0.1) is 0 Å². The number of hydrogen-bond acceptors (Lipinski definition) is 3. The highest BCUT2D eigenvalue weighted by atomic mass is 16.5. The zero-order valence-electron chi connectivity index (χ0n) is 10.9. The van der Waals surface area contributed by atoms with Crippen LogP contribution in [0.15, 0.2) is 72.8 Å². The topological polar surface area (TPSA) is 38.3 Å². The summed E-state index contributed by atoms with van der Waals surface area (Å²) < 4.78 is 5.34. The summed E-state index contributed by atoms with van der Waals surface area (Å²) in [5.41, 5.74) is 2.08. The van der Waals surface area contributed by atoms with E-state index in [0.717, 1.165) is 11.3 Å². The van der Waals surface area contributed by atoms with E-state index in [2.05, 4.69) is 5.32 Å². The van der Waals surface area contributed by atoms with Crippen LogP contribution in [-0.4, -0.2) is 12.1 Å². The number of anilines is 1. The van der Waals surface area contributed by atoms with Gasteiger partial charge in [0.2, 0.25) is 0 Å². The molecular formula is C17H15NO2. The van der Waals surface area contributed by atoms with Crippen LogP contribution in [0.25, 0.3) is 0 Å². The number of rotatable bonds is 4. The predicted octanol–water partition coefficient (Wildman–Crippen LogP) is 3.32. The first kappa shape index (κ1) is 12.5. The lowest BCUT2D eigenvalue weighted by molar-refractivity contribution is -0.139. The van der Waals surface area contributed by atoms with Crippen LogP contribution < -0.4 is 5.32 Å². The first-order valence-electron chi connectivity index (χ1n) is 6.58. The first-order chi connectivity index (χ1) is 9.83. The van der Waals surface area contributed by atoms with Crippen molar-refractivity contribution in [3.63, 3.8) is 0 Å². The molecule has 0 radical (unpaired) electrons. The molecule has 0 bridgehead atoms. The number of benzene rings is 2. The second-order valence-corrected chi connectivity index (χ2v) is 4.66. The summed E-state index contributed by atoms with van der Waals surface area (Å²) in [5, 5.41) is 3.43. The first-order valence-corrected chi connectivity index (χ1v) is 6.58.